The lowest BCUT2D eigenvalue weighted by molar-refractivity contribution is -0.137. The molecule has 0 unspecified atom stereocenters. The maximum Gasteiger partial charge on any atom is 0.330 e. The Morgan fingerprint density at radius 2 is 1.66 bits per heavy atom. The van der Waals surface area contributed by atoms with E-state index in [2.05, 4.69) is 10.6 Å². The molecule has 3 aromatic rings. The Morgan fingerprint density at radius 1 is 0.895 bits per heavy atom. The van der Waals surface area contributed by atoms with Gasteiger partial charge in [0.05, 0.1) is 13.2 Å². The van der Waals surface area contributed by atoms with Gasteiger partial charge in [0, 0.05) is 28.0 Å². The molecule has 3 rings (SSSR count). The van der Waals surface area contributed by atoms with Crippen LogP contribution in [0.2, 0.25) is 0 Å². The summed E-state index contributed by atoms with van der Waals surface area (Å²) in [6, 6.07) is 23.3. The van der Waals surface area contributed by atoms with E-state index in [9.17, 15) is 14.4 Å². The standard InChI is InChI=1S/C30H30N2O5S/c1-3-36-25-17-15-22(16-18-25)20-27(32-29(34)23-10-6-5-7-11-23)30(35)31-24-12-8-13-26(21-24)38-19-9-14-28(33)37-4-2/h5-18,20-21H,3-4,19H2,1-2H3,(H,31,35)(H,32,34)/b14-9+,27-20+. The maximum absolute atomic E-state index is 13.3. The van der Waals surface area contributed by atoms with Crippen molar-refractivity contribution >= 4 is 41.3 Å². The molecule has 8 heteroatoms. The molecule has 0 bridgehead atoms. The molecule has 2 amide bonds. The summed E-state index contributed by atoms with van der Waals surface area (Å²) in [5.41, 5.74) is 1.83. The number of nitrogens with one attached hydrogen (secondary N) is 2. The van der Waals surface area contributed by atoms with Crippen molar-refractivity contribution < 1.29 is 23.9 Å². The Bertz CT molecular complexity index is 1290. The molecule has 0 aromatic heterocycles. The number of thioether (sulfide) groups is 1. The van der Waals surface area contributed by atoms with Crippen LogP contribution in [-0.2, 0) is 14.3 Å². The topological polar surface area (TPSA) is 93.7 Å². The van der Waals surface area contributed by atoms with Gasteiger partial charge in [0.15, 0.2) is 0 Å². The zero-order valence-electron chi connectivity index (χ0n) is 21.3. The fourth-order valence-corrected chi connectivity index (χ4v) is 4.05. The van der Waals surface area contributed by atoms with E-state index in [0.717, 1.165) is 16.2 Å². The first-order chi connectivity index (χ1) is 18.5. The lowest BCUT2D eigenvalue weighted by atomic mass is 10.1. The minimum atomic E-state index is -0.465. The number of anilines is 1. The molecule has 0 atom stereocenters. The van der Waals surface area contributed by atoms with Crippen LogP contribution >= 0.6 is 11.8 Å². The second kappa shape index (κ2) is 15.1. The Labute approximate surface area is 226 Å². The lowest BCUT2D eigenvalue weighted by Gasteiger charge is -2.12. The van der Waals surface area contributed by atoms with Gasteiger partial charge in [-0.2, -0.15) is 0 Å². The van der Waals surface area contributed by atoms with Crippen molar-refractivity contribution in [2.75, 3.05) is 24.3 Å². The molecule has 0 aliphatic rings. The molecule has 0 fully saturated rings. The van der Waals surface area contributed by atoms with Crippen molar-refractivity contribution in [3.8, 4) is 5.75 Å². The van der Waals surface area contributed by atoms with Crippen molar-refractivity contribution in [2.24, 2.45) is 0 Å². The van der Waals surface area contributed by atoms with Crippen molar-refractivity contribution in [3.05, 3.63) is 108 Å². The lowest BCUT2D eigenvalue weighted by Crippen LogP contribution is -2.30. The first-order valence-corrected chi connectivity index (χ1v) is 13.2. The van der Waals surface area contributed by atoms with E-state index in [4.69, 9.17) is 9.47 Å². The Morgan fingerprint density at radius 3 is 2.37 bits per heavy atom. The molecule has 2 N–H and O–H groups in total. The van der Waals surface area contributed by atoms with E-state index in [-0.39, 0.29) is 11.7 Å². The van der Waals surface area contributed by atoms with Gasteiger partial charge in [-0.1, -0.05) is 42.5 Å². The third-order valence-electron chi connectivity index (χ3n) is 5.01. The van der Waals surface area contributed by atoms with Crippen molar-refractivity contribution in [1.82, 2.24) is 5.32 Å². The van der Waals surface area contributed by atoms with E-state index in [0.29, 0.717) is 30.2 Å². The molecular weight excluding hydrogens is 500 g/mol. The van der Waals surface area contributed by atoms with Gasteiger partial charge < -0.3 is 20.1 Å². The summed E-state index contributed by atoms with van der Waals surface area (Å²) in [7, 11) is 0. The van der Waals surface area contributed by atoms with Crippen LogP contribution in [0.4, 0.5) is 5.69 Å². The maximum atomic E-state index is 13.3. The van der Waals surface area contributed by atoms with E-state index in [1.54, 1.807) is 61.5 Å². The fraction of sp³-hybridized carbons (Fsp3) is 0.167. The van der Waals surface area contributed by atoms with Gasteiger partial charge in [0.1, 0.15) is 11.4 Å². The number of amides is 2. The molecule has 0 aliphatic carbocycles. The van der Waals surface area contributed by atoms with E-state index >= 15 is 0 Å². The van der Waals surface area contributed by atoms with Crippen LogP contribution in [0.15, 0.2) is 102 Å². The molecule has 0 radical (unpaired) electrons. The van der Waals surface area contributed by atoms with Crippen LogP contribution in [0.3, 0.4) is 0 Å². The van der Waals surface area contributed by atoms with Gasteiger partial charge in [0.2, 0.25) is 0 Å². The number of hydrogen-bond donors (Lipinski definition) is 2. The van der Waals surface area contributed by atoms with Gasteiger partial charge in [-0.05, 0) is 68.0 Å². The largest absolute Gasteiger partial charge is 0.494 e. The smallest absolute Gasteiger partial charge is 0.330 e. The number of rotatable bonds is 12. The zero-order valence-corrected chi connectivity index (χ0v) is 22.1. The van der Waals surface area contributed by atoms with Crippen LogP contribution in [0.5, 0.6) is 5.75 Å². The van der Waals surface area contributed by atoms with E-state index in [1.165, 1.54) is 17.8 Å². The molecule has 196 valence electrons. The van der Waals surface area contributed by atoms with Crippen LogP contribution in [0, 0.1) is 0 Å². The molecule has 0 spiro atoms. The molecule has 0 saturated heterocycles. The summed E-state index contributed by atoms with van der Waals surface area (Å²) in [5.74, 6) is 0.0451. The Hall–Kier alpha value is -4.30. The summed E-state index contributed by atoms with van der Waals surface area (Å²) in [6.45, 7) is 4.54. The summed E-state index contributed by atoms with van der Waals surface area (Å²) >= 11 is 1.50. The number of hydrogen-bond acceptors (Lipinski definition) is 6. The van der Waals surface area contributed by atoms with Crippen LogP contribution in [0.25, 0.3) is 6.08 Å². The highest BCUT2D eigenvalue weighted by atomic mass is 32.2. The van der Waals surface area contributed by atoms with E-state index < -0.39 is 11.8 Å². The first kappa shape index (κ1) is 28.3. The first-order valence-electron chi connectivity index (χ1n) is 12.2. The van der Waals surface area contributed by atoms with Gasteiger partial charge in [-0.15, -0.1) is 11.8 Å². The van der Waals surface area contributed by atoms with Crippen molar-refractivity contribution in [3.63, 3.8) is 0 Å². The number of ether oxygens (including phenoxy) is 2. The van der Waals surface area contributed by atoms with Gasteiger partial charge in [-0.3, -0.25) is 9.59 Å². The van der Waals surface area contributed by atoms with Crippen molar-refractivity contribution in [2.45, 2.75) is 18.7 Å². The molecule has 38 heavy (non-hydrogen) atoms. The highest BCUT2D eigenvalue weighted by Crippen LogP contribution is 2.22. The highest BCUT2D eigenvalue weighted by molar-refractivity contribution is 7.99. The normalized spacial score (nSPS) is 11.2. The van der Waals surface area contributed by atoms with Crippen LogP contribution in [-0.4, -0.2) is 36.8 Å². The minimum Gasteiger partial charge on any atom is -0.494 e. The Kier molecular flexibility index (Phi) is 11.2. The highest BCUT2D eigenvalue weighted by Gasteiger charge is 2.15. The van der Waals surface area contributed by atoms with Gasteiger partial charge in [-0.25, -0.2) is 4.79 Å². The second-order valence-electron chi connectivity index (χ2n) is 7.83. The van der Waals surface area contributed by atoms with E-state index in [1.807, 2.05) is 43.3 Å². The SMILES string of the molecule is CCOC(=O)/C=C/CSc1cccc(NC(=O)/C(=C\c2ccc(OCC)cc2)NC(=O)c2ccccc2)c1. The van der Waals surface area contributed by atoms with Crippen LogP contribution in [0.1, 0.15) is 29.8 Å². The summed E-state index contributed by atoms with van der Waals surface area (Å²) < 4.78 is 10.4. The molecule has 0 saturated carbocycles. The summed E-state index contributed by atoms with van der Waals surface area (Å²) in [4.78, 5) is 38.4. The zero-order chi connectivity index (χ0) is 27.2. The Balaban J connectivity index is 1.75. The average Bonchev–Trinajstić information content (AvgIpc) is 2.93. The predicted molar refractivity (Wildman–Crippen MR) is 151 cm³/mol. The number of benzene rings is 3. The molecule has 0 heterocycles. The molecular formula is C30H30N2O5S. The third-order valence-corrected chi connectivity index (χ3v) is 5.96. The van der Waals surface area contributed by atoms with Crippen molar-refractivity contribution in [1.29, 1.82) is 0 Å². The summed E-state index contributed by atoms with van der Waals surface area (Å²) in [6.07, 6.45) is 4.74. The third kappa shape index (κ3) is 9.29. The number of esters is 1. The monoisotopic (exact) mass is 530 g/mol. The molecule has 7 nitrogen and oxygen atoms in total. The molecule has 0 aliphatic heterocycles. The molecule has 3 aromatic carbocycles. The van der Waals surface area contributed by atoms with Crippen LogP contribution < -0.4 is 15.4 Å². The second-order valence-corrected chi connectivity index (χ2v) is 8.92. The fourth-order valence-electron chi connectivity index (χ4n) is 3.28. The summed E-state index contributed by atoms with van der Waals surface area (Å²) in [5, 5.41) is 5.60. The minimum absolute atomic E-state index is 0.0958. The average molecular weight is 531 g/mol. The van der Waals surface area contributed by atoms with Gasteiger partial charge in [0.25, 0.3) is 11.8 Å². The predicted octanol–water partition coefficient (Wildman–Crippen LogP) is 5.71. The van der Waals surface area contributed by atoms with Gasteiger partial charge >= 0.3 is 5.97 Å². The number of carbonyl (C=O) groups is 3. The quantitative estimate of drug-likeness (QED) is 0.177. The number of carbonyl (C=O) groups excluding carboxylic acids is 3.